The van der Waals surface area contributed by atoms with Crippen molar-refractivity contribution >= 4 is 5.91 Å². The van der Waals surface area contributed by atoms with Crippen molar-refractivity contribution in [3.05, 3.63) is 35.4 Å². The van der Waals surface area contributed by atoms with Gasteiger partial charge in [0, 0.05) is 18.5 Å². The lowest BCUT2D eigenvalue weighted by molar-refractivity contribution is -0.167. The summed E-state index contributed by atoms with van der Waals surface area (Å²) in [7, 11) is 3.09. The third kappa shape index (κ3) is 3.61. The van der Waals surface area contributed by atoms with Crippen LogP contribution in [0.4, 0.5) is 0 Å². The van der Waals surface area contributed by atoms with E-state index in [1.165, 1.54) is 25.0 Å². The molecule has 3 nitrogen and oxygen atoms in total. The van der Waals surface area contributed by atoms with Crippen molar-refractivity contribution < 1.29 is 9.63 Å². The Morgan fingerprint density at radius 2 is 2.28 bits per heavy atom. The van der Waals surface area contributed by atoms with Gasteiger partial charge in [0.05, 0.1) is 13.5 Å². The van der Waals surface area contributed by atoms with Crippen LogP contribution < -0.4 is 0 Å². The first-order valence-corrected chi connectivity index (χ1v) is 6.10. The van der Waals surface area contributed by atoms with Gasteiger partial charge in [-0.05, 0) is 30.5 Å². The van der Waals surface area contributed by atoms with Crippen LogP contribution in [0, 0.1) is 17.8 Å². The number of carbonyl (C=O) groups excluding carboxylic acids is 1. The standard InChI is InChI=1S/C15H17NO2/c1-16(18-2)15(17)11-14-5-3-4-13(10-14)9-8-12-6-7-12/h3-5,10,12H,6-7,11H2,1-2H3. The minimum atomic E-state index is -0.0650. The number of hydrogen-bond acceptors (Lipinski definition) is 2. The molecule has 0 saturated heterocycles. The van der Waals surface area contributed by atoms with Gasteiger partial charge in [0.15, 0.2) is 0 Å². The summed E-state index contributed by atoms with van der Waals surface area (Å²) < 4.78 is 0. The number of hydroxylamine groups is 2. The predicted octanol–water partition coefficient (Wildman–Crippen LogP) is 2.01. The number of nitrogens with zero attached hydrogens (tertiary/aromatic N) is 1. The van der Waals surface area contributed by atoms with Crippen molar-refractivity contribution in [1.29, 1.82) is 0 Å². The van der Waals surface area contributed by atoms with Gasteiger partial charge in [0.1, 0.15) is 0 Å². The fourth-order valence-electron chi connectivity index (χ4n) is 1.56. The second-order valence-corrected chi connectivity index (χ2v) is 4.49. The molecule has 0 aromatic heterocycles. The molecule has 1 aliphatic rings. The van der Waals surface area contributed by atoms with Gasteiger partial charge in [0.25, 0.3) is 0 Å². The van der Waals surface area contributed by atoms with E-state index in [1.807, 2.05) is 24.3 Å². The maximum absolute atomic E-state index is 11.7. The van der Waals surface area contributed by atoms with Gasteiger partial charge in [-0.15, -0.1) is 0 Å². The summed E-state index contributed by atoms with van der Waals surface area (Å²) >= 11 is 0. The molecule has 0 bridgehead atoms. The molecule has 1 amide bonds. The van der Waals surface area contributed by atoms with Crippen molar-refractivity contribution in [2.45, 2.75) is 19.3 Å². The summed E-state index contributed by atoms with van der Waals surface area (Å²) in [5.74, 6) is 6.90. The number of likely N-dealkylation sites (N-methyl/N-ethyl adjacent to an activating group) is 1. The first-order valence-electron chi connectivity index (χ1n) is 6.10. The minimum Gasteiger partial charge on any atom is -0.275 e. The van der Waals surface area contributed by atoms with E-state index in [-0.39, 0.29) is 5.91 Å². The molecular formula is C15H17NO2. The fourth-order valence-corrected chi connectivity index (χ4v) is 1.56. The van der Waals surface area contributed by atoms with Crippen LogP contribution in [-0.4, -0.2) is 25.1 Å². The molecule has 2 rings (SSSR count). The molecule has 0 N–H and O–H groups in total. The molecule has 3 heteroatoms. The van der Waals surface area contributed by atoms with Gasteiger partial charge >= 0.3 is 0 Å². The number of carbonyl (C=O) groups is 1. The molecule has 1 saturated carbocycles. The Hall–Kier alpha value is -1.79. The highest BCUT2D eigenvalue weighted by Crippen LogP contribution is 2.27. The summed E-state index contributed by atoms with van der Waals surface area (Å²) in [6.45, 7) is 0. The number of amides is 1. The molecule has 0 spiro atoms. The predicted molar refractivity (Wildman–Crippen MR) is 69.5 cm³/mol. The van der Waals surface area contributed by atoms with Crippen molar-refractivity contribution in [3.63, 3.8) is 0 Å². The van der Waals surface area contributed by atoms with Gasteiger partial charge in [-0.1, -0.05) is 24.0 Å². The maximum atomic E-state index is 11.7. The molecule has 0 heterocycles. The maximum Gasteiger partial charge on any atom is 0.250 e. The van der Waals surface area contributed by atoms with E-state index in [2.05, 4.69) is 11.8 Å². The van der Waals surface area contributed by atoms with Crippen LogP contribution in [0.15, 0.2) is 24.3 Å². The van der Waals surface area contributed by atoms with E-state index < -0.39 is 0 Å². The van der Waals surface area contributed by atoms with E-state index >= 15 is 0 Å². The highest BCUT2D eigenvalue weighted by atomic mass is 16.7. The number of rotatable bonds is 3. The Bertz CT molecular complexity index is 495. The molecule has 0 unspecified atom stereocenters. The molecule has 1 aromatic carbocycles. The van der Waals surface area contributed by atoms with Gasteiger partial charge in [-0.3, -0.25) is 9.63 Å². The van der Waals surface area contributed by atoms with Crippen molar-refractivity contribution in [3.8, 4) is 11.8 Å². The number of benzene rings is 1. The third-order valence-corrected chi connectivity index (χ3v) is 2.91. The largest absolute Gasteiger partial charge is 0.275 e. The normalized spacial score (nSPS) is 13.7. The van der Waals surface area contributed by atoms with E-state index in [4.69, 9.17) is 4.84 Å². The van der Waals surface area contributed by atoms with Crippen LogP contribution in [-0.2, 0) is 16.1 Å². The highest BCUT2D eigenvalue weighted by molar-refractivity contribution is 5.77. The van der Waals surface area contributed by atoms with Crippen LogP contribution >= 0.6 is 0 Å². The van der Waals surface area contributed by atoms with Gasteiger partial charge in [-0.25, -0.2) is 5.06 Å². The fraction of sp³-hybridized carbons (Fsp3) is 0.400. The summed E-state index contributed by atoms with van der Waals surface area (Å²) in [5, 5.41) is 1.24. The summed E-state index contributed by atoms with van der Waals surface area (Å²) in [6, 6.07) is 7.82. The van der Waals surface area contributed by atoms with Crippen LogP contribution in [0.3, 0.4) is 0 Å². The molecule has 1 fully saturated rings. The SMILES string of the molecule is CON(C)C(=O)Cc1cccc(C#CC2CC2)c1. The topological polar surface area (TPSA) is 29.5 Å². The molecule has 1 aromatic rings. The van der Waals surface area contributed by atoms with Gasteiger partial charge in [0.2, 0.25) is 5.91 Å². The van der Waals surface area contributed by atoms with Gasteiger partial charge in [-0.2, -0.15) is 0 Å². The van der Waals surface area contributed by atoms with Crippen molar-refractivity contribution in [2.75, 3.05) is 14.2 Å². The van der Waals surface area contributed by atoms with Crippen molar-refractivity contribution in [2.24, 2.45) is 5.92 Å². The zero-order valence-electron chi connectivity index (χ0n) is 10.8. The monoisotopic (exact) mass is 243 g/mol. The van der Waals surface area contributed by atoms with E-state index in [0.29, 0.717) is 12.3 Å². The van der Waals surface area contributed by atoms with E-state index in [9.17, 15) is 4.79 Å². The molecule has 18 heavy (non-hydrogen) atoms. The van der Waals surface area contributed by atoms with Crippen LogP contribution in [0.2, 0.25) is 0 Å². The van der Waals surface area contributed by atoms with Crippen LogP contribution in [0.25, 0.3) is 0 Å². The molecule has 1 aliphatic carbocycles. The molecule has 0 aliphatic heterocycles. The van der Waals surface area contributed by atoms with Crippen LogP contribution in [0.1, 0.15) is 24.0 Å². The number of hydrogen-bond donors (Lipinski definition) is 0. The zero-order valence-corrected chi connectivity index (χ0v) is 10.8. The van der Waals surface area contributed by atoms with Crippen molar-refractivity contribution in [1.82, 2.24) is 5.06 Å². The van der Waals surface area contributed by atoms with Crippen LogP contribution in [0.5, 0.6) is 0 Å². The first-order chi connectivity index (χ1) is 8.69. The molecule has 0 radical (unpaired) electrons. The zero-order chi connectivity index (χ0) is 13.0. The second kappa shape index (κ2) is 5.70. The quantitative estimate of drug-likeness (QED) is 0.600. The average Bonchev–Trinajstić information content (AvgIpc) is 3.20. The lowest BCUT2D eigenvalue weighted by Gasteiger charge is -2.13. The Balaban J connectivity index is 2.03. The second-order valence-electron chi connectivity index (χ2n) is 4.49. The Kier molecular flexibility index (Phi) is 4.01. The van der Waals surface area contributed by atoms with E-state index in [0.717, 1.165) is 11.1 Å². The highest BCUT2D eigenvalue weighted by Gasteiger charge is 2.17. The minimum absolute atomic E-state index is 0.0650. The Morgan fingerprint density at radius 1 is 1.50 bits per heavy atom. The average molecular weight is 243 g/mol. The Morgan fingerprint density at radius 3 is 2.94 bits per heavy atom. The molecular weight excluding hydrogens is 226 g/mol. The molecule has 94 valence electrons. The lowest BCUT2D eigenvalue weighted by atomic mass is 10.1. The lowest BCUT2D eigenvalue weighted by Crippen LogP contribution is -2.26. The summed E-state index contributed by atoms with van der Waals surface area (Å²) in [4.78, 5) is 16.6. The summed E-state index contributed by atoms with van der Waals surface area (Å²) in [6.07, 6.45) is 2.79. The third-order valence-electron chi connectivity index (χ3n) is 2.91. The first kappa shape index (κ1) is 12.7. The summed E-state index contributed by atoms with van der Waals surface area (Å²) in [5.41, 5.74) is 1.94. The Labute approximate surface area is 108 Å². The van der Waals surface area contributed by atoms with E-state index in [1.54, 1.807) is 7.05 Å². The van der Waals surface area contributed by atoms with Gasteiger partial charge < -0.3 is 0 Å². The smallest absolute Gasteiger partial charge is 0.250 e. The molecule has 0 atom stereocenters.